The van der Waals surface area contributed by atoms with Crippen LogP contribution < -0.4 is 10.1 Å². The second-order valence-electron chi connectivity index (χ2n) is 8.88. The number of aromatic nitrogens is 2. The van der Waals surface area contributed by atoms with E-state index in [1.165, 1.54) is 0 Å². The molecule has 1 aromatic heterocycles. The van der Waals surface area contributed by atoms with Crippen LogP contribution in [0.1, 0.15) is 53.5 Å². The van der Waals surface area contributed by atoms with Crippen LogP contribution in [-0.4, -0.2) is 39.1 Å². The minimum atomic E-state index is -2.25. The van der Waals surface area contributed by atoms with E-state index in [0.29, 0.717) is 41.2 Å². The molecular formula is C27H36N4O5S. The molecule has 1 N–H and O–H groups in total. The summed E-state index contributed by atoms with van der Waals surface area (Å²) in [5.41, 5.74) is 2.05. The number of amides is 1. The summed E-state index contributed by atoms with van der Waals surface area (Å²) in [4.78, 5) is 20.8. The minimum absolute atomic E-state index is 0.170. The zero-order chi connectivity index (χ0) is 27.4. The summed E-state index contributed by atoms with van der Waals surface area (Å²) in [7, 11) is -2.25. The van der Waals surface area contributed by atoms with Gasteiger partial charge in [-0.2, -0.15) is 4.98 Å². The molecule has 200 valence electrons. The first kappa shape index (κ1) is 29.6. The Bertz CT molecular complexity index is 1220. The van der Waals surface area contributed by atoms with Crippen molar-refractivity contribution in [1.82, 2.24) is 9.97 Å². The first-order valence-electron chi connectivity index (χ1n) is 11.9. The highest BCUT2D eigenvalue weighted by Crippen LogP contribution is 2.26. The number of nitrogens with zero attached hydrogens (tertiary/aromatic N) is 3. The third-order valence-corrected chi connectivity index (χ3v) is 5.66. The van der Waals surface area contributed by atoms with E-state index in [1.54, 1.807) is 37.4 Å². The fraction of sp³-hybridized carbons (Fsp3) is 0.370. The number of carbonyl (C=O) groups excluding carboxylic acids is 1. The van der Waals surface area contributed by atoms with Crippen LogP contribution in [0.5, 0.6) is 5.88 Å². The van der Waals surface area contributed by atoms with Crippen molar-refractivity contribution in [3.05, 3.63) is 66.6 Å². The third-order valence-electron chi connectivity index (χ3n) is 4.57. The monoisotopic (exact) mass is 528 g/mol. The van der Waals surface area contributed by atoms with E-state index >= 15 is 0 Å². The Morgan fingerprint density at radius 1 is 1.24 bits per heavy atom. The van der Waals surface area contributed by atoms with Gasteiger partial charge in [0, 0.05) is 23.2 Å². The molecule has 0 aliphatic heterocycles. The lowest BCUT2D eigenvalue weighted by atomic mass is 10.1. The van der Waals surface area contributed by atoms with Crippen LogP contribution in [-0.2, 0) is 20.1 Å². The Labute approximate surface area is 220 Å². The van der Waals surface area contributed by atoms with Crippen LogP contribution in [0.3, 0.4) is 0 Å². The van der Waals surface area contributed by atoms with Gasteiger partial charge in [-0.3, -0.25) is 0 Å². The molecule has 0 saturated carbocycles. The van der Waals surface area contributed by atoms with E-state index in [1.807, 2.05) is 52.8 Å². The SMILES string of the molecule is C=C(CCOc1nc(Nc2ccc([SH](=O)=NC(=O)OCC)cc2)ncc1/C(C)=C/C=C\C)OC(C)(C)C. The zero-order valence-electron chi connectivity index (χ0n) is 22.3. The molecule has 2 rings (SSSR count). The highest BCUT2D eigenvalue weighted by molar-refractivity contribution is 7.75. The molecule has 0 spiro atoms. The van der Waals surface area contributed by atoms with Gasteiger partial charge in [-0.25, -0.2) is 14.0 Å². The van der Waals surface area contributed by atoms with Crippen molar-refractivity contribution in [2.75, 3.05) is 18.5 Å². The van der Waals surface area contributed by atoms with Crippen molar-refractivity contribution in [3.63, 3.8) is 0 Å². The highest BCUT2D eigenvalue weighted by atomic mass is 32.2. The predicted molar refractivity (Wildman–Crippen MR) is 148 cm³/mol. The second-order valence-corrected chi connectivity index (χ2v) is 10.1. The Morgan fingerprint density at radius 3 is 2.57 bits per heavy atom. The molecule has 0 radical (unpaired) electrons. The summed E-state index contributed by atoms with van der Waals surface area (Å²) in [6.07, 6.45) is 7.19. The van der Waals surface area contributed by atoms with Gasteiger partial charge in [-0.15, -0.1) is 4.36 Å². The van der Waals surface area contributed by atoms with Crippen molar-refractivity contribution < 1.29 is 23.2 Å². The number of anilines is 2. The number of benzene rings is 1. The fourth-order valence-corrected chi connectivity index (χ4v) is 3.69. The molecule has 1 unspecified atom stereocenters. The lowest BCUT2D eigenvalue weighted by Crippen LogP contribution is -2.19. The van der Waals surface area contributed by atoms with E-state index < -0.39 is 16.7 Å². The number of rotatable bonds is 11. The zero-order valence-corrected chi connectivity index (χ0v) is 23.2. The van der Waals surface area contributed by atoms with Gasteiger partial charge in [-0.1, -0.05) is 24.8 Å². The molecule has 37 heavy (non-hydrogen) atoms. The van der Waals surface area contributed by atoms with E-state index in [4.69, 9.17) is 14.2 Å². The van der Waals surface area contributed by atoms with Gasteiger partial charge < -0.3 is 19.5 Å². The van der Waals surface area contributed by atoms with Crippen molar-refractivity contribution in [1.29, 1.82) is 0 Å². The molecule has 0 aliphatic rings. The van der Waals surface area contributed by atoms with Crippen molar-refractivity contribution >= 4 is 33.9 Å². The molecule has 0 fully saturated rings. The molecule has 0 aliphatic carbocycles. The average Bonchev–Trinajstić information content (AvgIpc) is 2.82. The van der Waals surface area contributed by atoms with Crippen molar-refractivity contribution in [2.24, 2.45) is 4.36 Å². The Morgan fingerprint density at radius 2 is 1.95 bits per heavy atom. The van der Waals surface area contributed by atoms with Gasteiger partial charge in [0.05, 0.1) is 35.1 Å². The van der Waals surface area contributed by atoms with Gasteiger partial charge in [0.2, 0.25) is 11.8 Å². The van der Waals surface area contributed by atoms with Crippen LogP contribution in [0.2, 0.25) is 0 Å². The lowest BCUT2D eigenvalue weighted by Gasteiger charge is -2.23. The maximum Gasteiger partial charge on any atom is 0.441 e. The maximum atomic E-state index is 12.2. The summed E-state index contributed by atoms with van der Waals surface area (Å²) in [6.45, 7) is 15.9. The van der Waals surface area contributed by atoms with Gasteiger partial charge in [0.25, 0.3) is 0 Å². The van der Waals surface area contributed by atoms with Crippen LogP contribution in [0, 0.1) is 0 Å². The first-order chi connectivity index (χ1) is 17.5. The van der Waals surface area contributed by atoms with Crippen LogP contribution in [0.4, 0.5) is 16.4 Å². The Hall–Kier alpha value is -3.66. The molecule has 1 heterocycles. The number of hydrogen-bond donors (Lipinski definition) is 2. The van der Waals surface area contributed by atoms with Crippen LogP contribution >= 0.6 is 0 Å². The number of thiol groups is 1. The van der Waals surface area contributed by atoms with E-state index in [9.17, 15) is 9.00 Å². The lowest BCUT2D eigenvalue weighted by molar-refractivity contribution is 0.0444. The molecular weight excluding hydrogens is 492 g/mol. The number of ether oxygens (including phenoxy) is 3. The number of allylic oxidation sites excluding steroid dienone is 4. The summed E-state index contributed by atoms with van der Waals surface area (Å²) in [6, 6.07) is 6.62. The smallest absolute Gasteiger partial charge is 0.441 e. The Kier molecular flexibility index (Phi) is 11.3. The second kappa shape index (κ2) is 14.2. The predicted octanol–water partition coefficient (Wildman–Crippen LogP) is 6.48. The summed E-state index contributed by atoms with van der Waals surface area (Å²) in [5, 5.41) is 3.12. The fourth-order valence-electron chi connectivity index (χ4n) is 2.97. The number of hydrogen-bond acceptors (Lipinski definition) is 8. The normalized spacial score (nSPS) is 12.9. The van der Waals surface area contributed by atoms with Crippen LogP contribution in [0.25, 0.3) is 5.57 Å². The highest BCUT2D eigenvalue weighted by Gasteiger charge is 2.14. The molecule has 10 heteroatoms. The maximum absolute atomic E-state index is 12.2. The first-order valence-corrected chi connectivity index (χ1v) is 13.1. The molecule has 0 saturated heterocycles. The summed E-state index contributed by atoms with van der Waals surface area (Å²) >= 11 is 0. The van der Waals surface area contributed by atoms with Gasteiger partial charge >= 0.3 is 6.09 Å². The molecule has 1 amide bonds. The topological polar surface area (TPSA) is 112 Å². The van der Waals surface area contributed by atoms with Crippen molar-refractivity contribution in [3.8, 4) is 5.88 Å². The molecule has 1 atom stereocenters. The van der Waals surface area contributed by atoms with Crippen molar-refractivity contribution in [2.45, 2.75) is 58.5 Å². The third kappa shape index (κ3) is 10.5. The quantitative estimate of drug-likeness (QED) is 0.194. The summed E-state index contributed by atoms with van der Waals surface area (Å²) < 4.78 is 32.3. The number of nitrogens with one attached hydrogen (secondary N) is 1. The largest absolute Gasteiger partial charge is 0.493 e. The molecule has 2 aromatic rings. The average molecular weight is 529 g/mol. The minimum Gasteiger partial charge on any atom is -0.493 e. The van der Waals surface area contributed by atoms with Gasteiger partial charge in [0.15, 0.2) is 0 Å². The van der Waals surface area contributed by atoms with Crippen LogP contribution in [0.15, 0.2) is 70.3 Å². The standard InChI is InChI=1S/C27H36N4O5S/c1-8-10-11-19(3)23-18-28-25(30-24(23)35-17-16-20(4)36-27(5,6)7)29-21-12-14-22(15-13-21)37(33)31-26(32)34-9-2/h8,10-15,18,37H,4,9,16-17H2,1-3,5-7H3,(H,28,29,30)/b10-8-,19-11+. The number of carbonyl (C=O) groups is 1. The molecule has 1 aromatic carbocycles. The van der Waals surface area contributed by atoms with E-state index in [2.05, 4.69) is 26.2 Å². The van der Waals surface area contributed by atoms with E-state index in [-0.39, 0.29) is 12.2 Å². The summed E-state index contributed by atoms with van der Waals surface area (Å²) in [5.74, 6) is 1.39. The Balaban J connectivity index is 2.21. The van der Waals surface area contributed by atoms with Gasteiger partial charge in [-0.05, 0) is 71.4 Å². The van der Waals surface area contributed by atoms with E-state index in [0.717, 1.165) is 11.1 Å². The molecule has 9 nitrogen and oxygen atoms in total. The van der Waals surface area contributed by atoms with Gasteiger partial charge in [0.1, 0.15) is 5.60 Å². The molecule has 0 bridgehead atoms.